The van der Waals surface area contributed by atoms with Gasteiger partial charge in [0.15, 0.2) is 5.78 Å². The van der Waals surface area contributed by atoms with Gasteiger partial charge >= 0.3 is 0 Å². The molecule has 1 heterocycles. The summed E-state index contributed by atoms with van der Waals surface area (Å²) in [7, 11) is 1.52. The average molecular weight is 291 g/mol. The lowest BCUT2D eigenvalue weighted by Gasteiger charge is -2.18. The molecule has 1 aliphatic rings. The number of carbonyl (C=O) groups excluding carboxylic acids is 1. The third-order valence-electron chi connectivity index (χ3n) is 3.49. The zero-order chi connectivity index (χ0) is 15.5. The first-order chi connectivity index (χ1) is 10.7. The largest absolute Gasteiger partial charge is 0.495 e. The van der Waals surface area contributed by atoms with Crippen LogP contribution in [0.25, 0.3) is 6.08 Å². The molecule has 2 aromatic rings. The summed E-state index contributed by atoms with van der Waals surface area (Å²) < 4.78 is 10.7. The number of carbonyl (C=O) groups is 1. The van der Waals surface area contributed by atoms with Crippen LogP contribution in [0.3, 0.4) is 0 Å². The molecular formula is C18H13NO3. The molecular weight excluding hydrogens is 278 g/mol. The van der Waals surface area contributed by atoms with Crippen LogP contribution in [0.1, 0.15) is 21.5 Å². The van der Waals surface area contributed by atoms with E-state index in [2.05, 4.69) is 6.07 Å². The number of hydrogen-bond donors (Lipinski definition) is 0. The molecule has 0 amide bonds. The van der Waals surface area contributed by atoms with Crippen molar-refractivity contribution in [1.29, 1.82) is 5.26 Å². The minimum Gasteiger partial charge on any atom is -0.495 e. The normalized spacial score (nSPS) is 14.9. The molecule has 0 bridgehead atoms. The number of methoxy groups -OCH3 is 1. The lowest BCUT2D eigenvalue weighted by atomic mass is 9.98. The number of nitriles is 1. The molecule has 0 aromatic heterocycles. The van der Waals surface area contributed by atoms with E-state index in [9.17, 15) is 4.79 Å². The first-order valence-corrected chi connectivity index (χ1v) is 6.78. The Bertz CT molecular complexity index is 815. The van der Waals surface area contributed by atoms with E-state index in [1.807, 2.05) is 12.1 Å². The highest BCUT2D eigenvalue weighted by atomic mass is 16.5. The second-order valence-electron chi connectivity index (χ2n) is 4.86. The van der Waals surface area contributed by atoms with Gasteiger partial charge in [0.25, 0.3) is 0 Å². The molecule has 0 unspecified atom stereocenters. The van der Waals surface area contributed by atoms with Gasteiger partial charge in [-0.1, -0.05) is 18.2 Å². The van der Waals surface area contributed by atoms with Crippen LogP contribution in [0.15, 0.2) is 48.0 Å². The molecule has 0 saturated heterocycles. The van der Waals surface area contributed by atoms with Crippen LogP contribution < -0.4 is 9.47 Å². The predicted molar refractivity (Wildman–Crippen MR) is 82.0 cm³/mol. The summed E-state index contributed by atoms with van der Waals surface area (Å²) in [5.41, 5.74) is 2.33. The summed E-state index contributed by atoms with van der Waals surface area (Å²) in [6.07, 6.45) is 1.75. The molecule has 0 radical (unpaired) electrons. The maximum absolute atomic E-state index is 12.5. The van der Waals surface area contributed by atoms with Crippen molar-refractivity contribution in [3.63, 3.8) is 0 Å². The second-order valence-corrected chi connectivity index (χ2v) is 4.86. The number of benzene rings is 2. The molecule has 4 heteroatoms. The molecule has 0 saturated carbocycles. The van der Waals surface area contributed by atoms with Crippen LogP contribution in [0.5, 0.6) is 11.5 Å². The molecule has 0 fully saturated rings. The van der Waals surface area contributed by atoms with E-state index in [-0.39, 0.29) is 12.4 Å². The highest BCUT2D eigenvalue weighted by Crippen LogP contribution is 2.28. The van der Waals surface area contributed by atoms with E-state index >= 15 is 0 Å². The van der Waals surface area contributed by atoms with E-state index in [4.69, 9.17) is 14.7 Å². The molecule has 0 spiro atoms. The minimum atomic E-state index is -0.0452. The van der Waals surface area contributed by atoms with Gasteiger partial charge in [0.2, 0.25) is 0 Å². The third-order valence-corrected chi connectivity index (χ3v) is 3.49. The van der Waals surface area contributed by atoms with Gasteiger partial charge in [0.1, 0.15) is 24.2 Å². The van der Waals surface area contributed by atoms with Gasteiger partial charge in [0.05, 0.1) is 18.2 Å². The first-order valence-electron chi connectivity index (χ1n) is 6.78. The van der Waals surface area contributed by atoms with Crippen molar-refractivity contribution >= 4 is 11.9 Å². The average Bonchev–Trinajstić information content (AvgIpc) is 2.57. The van der Waals surface area contributed by atoms with Crippen molar-refractivity contribution in [2.45, 2.75) is 0 Å². The minimum absolute atomic E-state index is 0.0452. The summed E-state index contributed by atoms with van der Waals surface area (Å²) in [5.74, 6) is 1.08. The van der Waals surface area contributed by atoms with E-state index in [0.717, 1.165) is 5.56 Å². The lowest BCUT2D eigenvalue weighted by Crippen LogP contribution is -2.18. The number of fused-ring (bicyclic) bond motifs is 1. The Kier molecular flexibility index (Phi) is 3.63. The van der Waals surface area contributed by atoms with Crippen LogP contribution in [-0.2, 0) is 0 Å². The second kappa shape index (κ2) is 5.74. The van der Waals surface area contributed by atoms with E-state index in [1.165, 1.54) is 7.11 Å². The first kappa shape index (κ1) is 13.9. The fraction of sp³-hybridized carbons (Fsp3) is 0.111. The summed E-state index contributed by atoms with van der Waals surface area (Å²) >= 11 is 0. The van der Waals surface area contributed by atoms with E-state index < -0.39 is 0 Å². The number of Topliss-reactive ketones (excluding diaryl/α,β-unsaturated/α-hetero) is 1. The van der Waals surface area contributed by atoms with Gasteiger partial charge in [-0.2, -0.15) is 5.26 Å². The van der Waals surface area contributed by atoms with Crippen molar-refractivity contribution in [2.24, 2.45) is 0 Å². The topological polar surface area (TPSA) is 59.3 Å². The van der Waals surface area contributed by atoms with E-state index in [0.29, 0.717) is 28.2 Å². The Labute approximate surface area is 128 Å². The van der Waals surface area contributed by atoms with Crippen LogP contribution >= 0.6 is 0 Å². The van der Waals surface area contributed by atoms with Crippen LogP contribution in [0, 0.1) is 11.3 Å². The molecule has 2 aromatic carbocycles. The van der Waals surface area contributed by atoms with Gasteiger partial charge in [-0.05, 0) is 35.9 Å². The Balaban J connectivity index is 1.97. The molecule has 22 heavy (non-hydrogen) atoms. The number of para-hydroxylation sites is 1. The Morgan fingerprint density at radius 3 is 2.86 bits per heavy atom. The smallest absolute Gasteiger partial charge is 0.196 e. The standard InChI is InChI=1S/C18H13NO3/c1-21-16-7-6-12(8-13(16)10-19)9-14-11-22-17-5-3-2-4-15(17)18(14)20/h2-9H,11H2,1H3/b14-9-. The maximum atomic E-state index is 12.5. The molecule has 108 valence electrons. The summed E-state index contributed by atoms with van der Waals surface area (Å²) in [5, 5.41) is 9.12. The Hall–Kier alpha value is -3.06. The molecule has 0 aliphatic carbocycles. The number of nitrogens with zero attached hydrogens (tertiary/aromatic N) is 1. The zero-order valence-corrected chi connectivity index (χ0v) is 12.0. The fourth-order valence-electron chi connectivity index (χ4n) is 2.39. The number of ketones is 1. The van der Waals surface area contributed by atoms with Crippen molar-refractivity contribution in [1.82, 2.24) is 0 Å². The summed E-state index contributed by atoms with van der Waals surface area (Å²) in [4.78, 5) is 12.5. The van der Waals surface area contributed by atoms with Crippen LogP contribution in [0.4, 0.5) is 0 Å². The third kappa shape index (κ3) is 2.45. The molecule has 3 rings (SSSR count). The van der Waals surface area contributed by atoms with E-state index in [1.54, 1.807) is 36.4 Å². The highest BCUT2D eigenvalue weighted by molar-refractivity contribution is 6.14. The monoisotopic (exact) mass is 291 g/mol. The summed E-state index contributed by atoms with van der Waals surface area (Å²) in [6, 6.07) is 14.5. The number of ether oxygens (including phenoxy) is 2. The van der Waals surface area contributed by atoms with Gasteiger partial charge in [0, 0.05) is 5.57 Å². The molecule has 0 atom stereocenters. The summed E-state index contributed by atoms with van der Waals surface area (Å²) in [6.45, 7) is 0.226. The Morgan fingerprint density at radius 1 is 1.27 bits per heavy atom. The highest BCUT2D eigenvalue weighted by Gasteiger charge is 2.22. The van der Waals surface area contributed by atoms with Gasteiger partial charge in [-0.15, -0.1) is 0 Å². The molecule has 0 N–H and O–H groups in total. The number of hydrogen-bond acceptors (Lipinski definition) is 4. The maximum Gasteiger partial charge on any atom is 0.196 e. The van der Waals surface area contributed by atoms with Gasteiger partial charge in [-0.3, -0.25) is 4.79 Å². The van der Waals surface area contributed by atoms with Crippen molar-refractivity contribution in [2.75, 3.05) is 13.7 Å². The van der Waals surface area contributed by atoms with Gasteiger partial charge in [-0.25, -0.2) is 0 Å². The molecule has 1 aliphatic heterocycles. The Morgan fingerprint density at radius 2 is 2.09 bits per heavy atom. The van der Waals surface area contributed by atoms with Crippen LogP contribution in [0.2, 0.25) is 0 Å². The SMILES string of the molecule is COc1ccc(/C=C2/COc3ccccc3C2=O)cc1C#N. The van der Waals surface area contributed by atoms with Gasteiger partial charge < -0.3 is 9.47 Å². The van der Waals surface area contributed by atoms with Crippen molar-refractivity contribution < 1.29 is 14.3 Å². The zero-order valence-electron chi connectivity index (χ0n) is 12.0. The number of rotatable bonds is 2. The van der Waals surface area contributed by atoms with Crippen molar-refractivity contribution in [3.8, 4) is 17.6 Å². The van der Waals surface area contributed by atoms with Crippen LogP contribution in [-0.4, -0.2) is 19.5 Å². The predicted octanol–water partition coefficient (Wildman–Crippen LogP) is 3.23. The lowest BCUT2D eigenvalue weighted by molar-refractivity contribution is 0.100. The fourth-order valence-corrected chi connectivity index (χ4v) is 2.39. The quantitative estimate of drug-likeness (QED) is 0.797. The molecule has 4 nitrogen and oxygen atoms in total. The van der Waals surface area contributed by atoms with Crippen molar-refractivity contribution in [3.05, 3.63) is 64.7 Å².